The highest BCUT2D eigenvalue weighted by atomic mass is 32.2. The second kappa shape index (κ2) is 3.17. The molecule has 0 aliphatic carbocycles. The zero-order chi connectivity index (χ0) is 9.38. The van der Waals surface area contributed by atoms with Crippen molar-refractivity contribution in [2.24, 2.45) is 4.99 Å². The zero-order valence-corrected chi connectivity index (χ0v) is 8.34. The minimum Gasteiger partial charge on any atom is -0.360 e. The first kappa shape index (κ1) is 8.12. The second-order valence-corrected chi connectivity index (χ2v) is 4.18. The zero-order valence-electron chi connectivity index (χ0n) is 7.53. The van der Waals surface area contributed by atoms with E-state index in [1.807, 2.05) is 18.8 Å². The van der Waals surface area contributed by atoms with Crippen molar-refractivity contribution < 1.29 is 0 Å². The number of fused-ring (bicyclic) bond motifs is 1. The van der Waals surface area contributed by atoms with Gasteiger partial charge in [0.2, 0.25) is 0 Å². The Labute approximate surface area is 86.4 Å². The molecule has 0 saturated heterocycles. The number of aromatic nitrogens is 1. The maximum Gasteiger partial charge on any atom is 0.100 e. The average Bonchev–Trinajstić information content (AvgIpc) is 2.85. The van der Waals surface area contributed by atoms with Crippen LogP contribution in [0, 0.1) is 6.54 Å². The van der Waals surface area contributed by atoms with Crippen LogP contribution >= 0.6 is 11.8 Å². The standard InChI is InChI=1S/C11H9N2S/c1-2-4-10-8(3-1)9(7-13-10)11-12-5-6-14-11/h1-5,7,13H,6H2. The maximum absolute atomic E-state index is 4.36. The average molecular weight is 201 g/mol. The van der Waals surface area contributed by atoms with Gasteiger partial charge in [0, 0.05) is 28.4 Å². The highest BCUT2D eigenvalue weighted by Crippen LogP contribution is 2.26. The predicted octanol–water partition coefficient (Wildman–Crippen LogP) is 2.82. The van der Waals surface area contributed by atoms with Gasteiger partial charge in [0.1, 0.15) is 5.04 Å². The van der Waals surface area contributed by atoms with Gasteiger partial charge in [-0.2, -0.15) is 0 Å². The summed E-state index contributed by atoms with van der Waals surface area (Å²) in [7, 11) is 0. The van der Waals surface area contributed by atoms with E-state index in [1.54, 1.807) is 11.8 Å². The summed E-state index contributed by atoms with van der Waals surface area (Å²) in [4.78, 5) is 7.62. The Morgan fingerprint density at radius 3 is 3.07 bits per heavy atom. The Morgan fingerprint density at radius 2 is 2.21 bits per heavy atom. The number of thioether (sulfide) groups is 1. The Hall–Kier alpha value is -1.22. The van der Waals surface area contributed by atoms with Crippen LogP contribution in [0.3, 0.4) is 0 Å². The van der Waals surface area contributed by atoms with Gasteiger partial charge in [-0.05, 0) is 6.07 Å². The molecule has 1 aliphatic rings. The lowest BCUT2D eigenvalue weighted by atomic mass is 10.2. The lowest BCUT2D eigenvalue weighted by Gasteiger charge is -1.95. The van der Waals surface area contributed by atoms with Crippen molar-refractivity contribution in [2.75, 3.05) is 5.75 Å². The molecular formula is C11H9N2S. The topological polar surface area (TPSA) is 28.1 Å². The van der Waals surface area contributed by atoms with Gasteiger partial charge in [0.25, 0.3) is 0 Å². The minimum absolute atomic E-state index is 0.995. The van der Waals surface area contributed by atoms with Crippen molar-refractivity contribution in [3.8, 4) is 0 Å². The predicted molar refractivity (Wildman–Crippen MR) is 61.6 cm³/mol. The van der Waals surface area contributed by atoms with Crippen LogP contribution in [0.2, 0.25) is 0 Å². The van der Waals surface area contributed by atoms with E-state index >= 15 is 0 Å². The van der Waals surface area contributed by atoms with Crippen LogP contribution in [0.4, 0.5) is 0 Å². The number of para-hydroxylation sites is 1. The van der Waals surface area contributed by atoms with Gasteiger partial charge in [-0.1, -0.05) is 18.2 Å². The van der Waals surface area contributed by atoms with Gasteiger partial charge in [-0.25, -0.2) is 0 Å². The van der Waals surface area contributed by atoms with Crippen molar-refractivity contribution in [1.82, 2.24) is 4.98 Å². The maximum atomic E-state index is 4.36. The van der Waals surface area contributed by atoms with E-state index < -0.39 is 0 Å². The largest absolute Gasteiger partial charge is 0.360 e. The summed E-state index contributed by atoms with van der Waals surface area (Å²) in [6, 6.07) is 8.31. The van der Waals surface area contributed by atoms with Crippen molar-refractivity contribution in [3.63, 3.8) is 0 Å². The quantitative estimate of drug-likeness (QED) is 0.755. The van der Waals surface area contributed by atoms with Crippen LogP contribution in [0.1, 0.15) is 5.56 Å². The van der Waals surface area contributed by atoms with Crippen molar-refractivity contribution in [1.29, 1.82) is 0 Å². The normalized spacial score (nSPS) is 16.1. The molecule has 0 amide bonds. The first-order chi connectivity index (χ1) is 6.95. The fourth-order valence-electron chi connectivity index (χ4n) is 1.67. The van der Waals surface area contributed by atoms with E-state index in [0.29, 0.717) is 0 Å². The van der Waals surface area contributed by atoms with Crippen LogP contribution < -0.4 is 0 Å². The summed E-state index contributed by atoms with van der Waals surface area (Å²) >= 11 is 1.79. The first-order valence-electron chi connectivity index (χ1n) is 4.54. The molecule has 2 heterocycles. The van der Waals surface area contributed by atoms with Crippen LogP contribution in [-0.4, -0.2) is 15.8 Å². The molecule has 0 unspecified atom stereocenters. The molecule has 0 spiro atoms. The number of aliphatic imine (C=N–C) groups is 1. The molecule has 0 bridgehead atoms. The molecule has 69 valence electrons. The van der Waals surface area contributed by atoms with E-state index in [0.717, 1.165) is 10.8 Å². The van der Waals surface area contributed by atoms with E-state index in [-0.39, 0.29) is 0 Å². The summed E-state index contributed by atoms with van der Waals surface area (Å²) in [6.45, 7) is 1.96. The van der Waals surface area contributed by atoms with E-state index in [1.165, 1.54) is 16.5 Å². The van der Waals surface area contributed by atoms with Gasteiger partial charge in [0.15, 0.2) is 0 Å². The molecule has 1 N–H and O–H groups in total. The van der Waals surface area contributed by atoms with Crippen molar-refractivity contribution in [3.05, 3.63) is 42.6 Å². The molecule has 0 atom stereocenters. The number of H-pyrrole nitrogens is 1. The lowest BCUT2D eigenvalue weighted by Crippen LogP contribution is -1.88. The highest BCUT2D eigenvalue weighted by molar-refractivity contribution is 8.14. The number of nitrogens with zero attached hydrogens (tertiary/aromatic N) is 1. The third kappa shape index (κ3) is 1.16. The molecule has 1 aromatic carbocycles. The van der Waals surface area contributed by atoms with Crippen LogP contribution in [-0.2, 0) is 0 Å². The number of hydrogen-bond acceptors (Lipinski definition) is 2. The number of nitrogens with one attached hydrogen (secondary N) is 1. The van der Waals surface area contributed by atoms with Gasteiger partial charge in [-0.3, -0.25) is 4.99 Å². The number of hydrogen-bond donors (Lipinski definition) is 1. The van der Waals surface area contributed by atoms with E-state index in [4.69, 9.17) is 0 Å². The second-order valence-electron chi connectivity index (χ2n) is 3.18. The van der Waals surface area contributed by atoms with Gasteiger partial charge < -0.3 is 4.98 Å². The van der Waals surface area contributed by atoms with Gasteiger partial charge >= 0.3 is 0 Å². The molecular weight excluding hydrogens is 192 g/mol. The summed E-state index contributed by atoms with van der Waals surface area (Å²) in [5.41, 5.74) is 2.40. The van der Waals surface area contributed by atoms with E-state index in [9.17, 15) is 0 Å². The number of rotatable bonds is 1. The number of aromatic amines is 1. The first-order valence-corrected chi connectivity index (χ1v) is 5.52. The summed E-state index contributed by atoms with van der Waals surface area (Å²) in [5, 5.41) is 2.39. The Bertz CT molecular complexity index is 499. The Kier molecular flexibility index (Phi) is 1.84. The van der Waals surface area contributed by atoms with Crippen LogP contribution in [0.5, 0.6) is 0 Å². The molecule has 1 aliphatic heterocycles. The lowest BCUT2D eigenvalue weighted by molar-refractivity contribution is 1.36. The molecule has 2 nitrogen and oxygen atoms in total. The third-order valence-electron chi connectivity index (χ3n) is 2.32. The molecule has 14 heavy (non-hydrogen) atoms. The smallest absolute Gasteiger partial charge is 0.100 e. The fraction of sp³-hybridized carbons (Fsp3) is 0.0909. The van der Waals surface area contributed by atoms with Gasteiger partial charge in [-0.15, -0.1) is 11.8 Å². The monoisotopic (exact) mass is 201 g/mol. The van der Waals surface area contributed by atoms with Crippen LogP contribution in [0.25, 0.3) is 10.9 Å². The summed E-state index contributed by atoms with van der Waals surface area (Å²) in [6.07, 6.45) is 2.04. The van der Waals surface area contributed by atoms with Crippen molar-refractivity contribution in [2.45, 2.75) is 0 Å². The van der Waals surface area contributed by atoms with Crippen LogP contribution in [0.15, 0.2) is 35.5 Å². The van der Waals surface area contributed by atoms with Crippen molar-refractivity contribution >= 4 is 27.7 Å². The van der Waals surface area contributed by atoms with Gasteiger partial charge in [0.05, 0.1) is 6.54 Å². The third-order valence-corrected chi connectivity index (χ3v) is 3.24. The minimum atomic E-state index is 0.995. The molecule has 1 aromatic heterocycles. The SMILES string of the molecule is [CH]1CSC(c2c[nH]c3ccccc23)=N1. The molecule has 0 fully saturated rings. The number of benzene rings is 1. The van der Waals surface area contributed by atoms with E-state index in [2.05, 4.69) is 28.2 Å². The molecule has 3 rings (SSSR count). The Morgan fingerprint density at radius 1 is 1.29 bits per heavy atom. The summed E-state index contributed by atoms with van der Waals surface area (Å²) < 4.78 is 0. The molecule has 2 aromatic rings. The highest BCUT2D eigenvalue weighted by Gasteiger charge is 2.13. The fourth-order valence-corrected chi connectivity index (χ4v) is 2.45. The molecule has 3 heteroatoms. The molecule has 1 radical (unpaired) electrons. The summed E-state index contributed by atoms with van der Waals surface area (Å²) in [5.74, 6) is 0.995. The molecule has 0 saturated carbocycles. The Balaban J connectivity index is 2.21.